The number of para-hydroxylation sites is 1. The number of carbonyl (C=O) groups excluding carboxylic acids is 1. The highest BCUT2D eigenvalue weighted by molar-refractivity contribution is 7.89. The lowest BCUT2D eigenvalue weighted by Gasteiger charge is -2.14. The lowest BCUT2D eigenvalue weighted by molar-refractivity contribution is -0.387. The number of unbranched alkanes of at least 4 members (excludes halogenated alkanes) is 1. The number of nitrogens with one attached hydrogen (secondary N) is 1. The molecule has 1 rings (SSSR count). The van der Waals surface area contributed by atoms with Crippen molar-refractivity contribution in [3.05, 3.63) is 47.0 Å². The van der Waals surface area contributed by atoms with Gasteiger partial charge in [0, 0.05) is 12.5 Å². The summed E-state index contributed by atoms with van der Waals surface area (Å²) in [5.41, 5.74) is -0.654. The van der Waals surface area contributed by atoms with Gasteiger partial charge in [-0.3, -0.25) is 19.7 Å². The Hall–Kier alpha value is -2.79. The van der Waals surface area contributed by atoms with Gasteiger partial charge in [0.2, 0.25) is 10.0 Å². The van der Waals surface area contributed by atoms with Crippen molar-refractivity contribution >= 4 is 27.6 Å². The molecule has 2 N–H and O–H groups in total. The molecule has 148 valence electrons. The number of hydrogen-bond acceptors (Lipinski definition) is 7. The number of nitrogens with zero attached hydrogens (tertiary/aromatic N) is 1. The average molecular weight is 400 g/mol. The van der Waals surface area contributed by atoms with Crippen LogP contribution in [0.4, 0.5) is 5.69 Å². The van der Waals surface area contributed by atoms with Crippen molar-refractivity contribution in [1.82, 2.24) is 4.72 Å². The van der Waals surface area contributed by atoms with E-state index in [1.807, 2.05) is 4.72 Å². The molecule has 0 aliphatic rings. The van der Waals surface area contributed by atoms with Crippen molar-refractivity contribution in [2.24, 2.45) is 0 Å². The van der Waals surface area contributed by atoms with Gasteiger partial charge in [0.1, 0.15) is 12.6 Å². The van der Waals surface area contributed by atoms with Crippen molar-refractivity contribution < 1.29 is 32.8 Å². The molecule has 0 aliphatic heterocycles. The van der Waals surface area contributed by atoms with Crippen LogP contribution < -0.4 is 4.72 Å². The molecule has 0 radical (unpaired) electrons. The van der Waals surface area contributed by atoms with Crippen molar-refractivity contribution in [2.45, 2.75) is 36.6 Å². The third-order valence-corrected chi connectivity index (χ3v) is 4.95. The summed E-state index contributed by atoms with van der Waals surface area (Å²) in [5.74, 6) is -1.89. The minimum atomic E-state index is -4.42. The number of esters is 1. The number of ether oxygens (including phenoxy) is 1. The first-order chi connectivity index (χ1) is 12.7. The summed E-state index contributed by atoms with van der Waals surface area (Å²) in [4.78, 5) is 32.2. The van der Waals surface area contributed by atoms with Crippen LogP contribution in [0.15, 0.2) is 41.8 Å². The largest absolute Gasteiger partial charge is 0.480 e. The molecule has 0 saturated carbocycles. The van der Waals surface area contributed by atoms with Gasteiger partial charge in [0.05, 0.1) is 4.92 Å². The van der Waals surface area contributed by atoms with Gasteiger partial charge in [-0.05, 0) is 18.9 Å². The summed E-state index contributed by atoms with van der Waals surface area (Å²) in [6, 6.07) is 3.15. The van der Waals surface area contributed by atoms with Crippen LogP contribution in [0.2, 0.25) is 0 Å². The topological polar surface area (TPSA) is 153 Å². The Morgan fingerprint density at radius 3 is 2.59 bits per heavy atom. The Kier molecular flexibility index (Phi) is 8.56. The van der Waals surface area contributed by atoms with Crippen molar-refractivity contribution in [1.29, 1.82) is 0 Å². The van der Waals surface area contributed by atoms with Crippen LogP contribution in [0, 0.1) is 10.1 Å². The van der Waals surface area contributed by atoms with E-state index >= 15 is 0 Å². The second kappa shape index (κ2) is 10.4. The van der Waals surface area contributed by atoms with Crippen LogP contribution in [-0.4, -0.2) is 43.0 Å². The van der Waals surface area contributed by atoms with Gasteiger partial charge in [-0.25, -0.2) is 8.42 Å². The molecule has 0 bridgehead atoms. The fourth-order valence-corrected chi connectivity index (χ4v) is 3.56. The van der Waals surface area contributed by atoms with E-state index < -0.39 is 43.5 Å². The van der Waals surface area contributed by atoms with E-state index in [2.05, 4.69) is 6.58 Å². The standard InChI is InChI=1S/C16H20N2O8S/c1-2-11-26-15(19)10-6-3-7-12(16(20)21)17-27(24,25)14-9-5-4-8-13(14)18(22)23/h2,4-5,8-9,12,17H,1,3,6-7,10-11H2,(H,20,21)/t12-/m1/s1. The van der Waals surface area contributed by atoms with Crippen LogP contribution in [0.3, 0.4) is 0 Å². The van der Waals surface area contributed by atoms with Gasteiger partial charge in [-0.2, -0.15) is 4.72 Å². The number of nitro groups is 1. The monoisotopic (exact) mass is 400 g/mol. The molecular formula is C16H20N2O8S. The van der Waals surface area contributed by atoms with Gasteiger partial charge in [0.15, 0.2) is 4.90 Å². The van der Waals surface area contributed by atoms with Gasteiger partial charge < -0.3 is 9.84 Å². The highest BCUT2D eigenvalue weighted by Gasteiger charge is 2.30. The fourth-order valence-electron chi connectivity index (χ4n) is 2.16. The molecule has 0 fully saturated rings. The van der Waals surface area contributed by atoms with Crippen LogP contribution in [-0.2, 0) is 24.3 Å². The zero-order valence-corrected chi connectivity index (χ0v) is 15.2. The average Bonchev–Trinajstić information content (AvgIpc) is 2.62. The molecule has 0 heterocycles. The molecule has 0 spiro atoms. The Balaban J connectivity index is 2.74. The summed E-state index contributed by atoms with van der Waals surface area (Å²) in [6.07, 6.45) is 1.91. The number of hydrogen-bond donors (Lipinski definition) is 2. The molecule has 27 heavy (non-hydrogen) atoms. The number of aliphatic carboxylic acids is 1. The first-order valence-electron chi connectivity index (χ1n) is 7.94. The number of carboxylic acids is 1. The molecule has 1 atom stereocenters. The van der Waals surface area contributed by atoms with E-state index in [1.165, 1.54) is 18.2 Å². The van der Waals surface area contributed by atoms with E-state index in [1.54, 1.807) is 0 Å². The van der Waals surface area contributed by atoms with Crippen molar-refractivity contribution in [3.63, 3.8) is 0 Å². The summed E-state index contributed by atoms with van der Waals surface area (Å²) in [6.45, 7) is 3.47. The maximum Gasteiger partial charge on any atom is 0.321 e. The predicted octanol–water partition coefficient (Wildman–Crippen LogP) is 1.62. The predicted molar refractivity (Wildman–Crippen MR) is 94.5 cm³/mol. The Bertz CT molecular complexity index is 806. The third kappa shape index (κ3) is 7.15. The molecule has 0 aromatic heterocycles. The summed E-state index contributed by atoms with van der Waals surface area (Å²) in [5, 5.41) is 20.2. The molecule has 0 aliphatic carbocycles. The summed E-state index contributed by atoms with van der Waals surface area (Å²) in [7, 11) is -4.42. The fraction of sp³-hybridized carbons (Fsp3) is 0.375. The number of benzene rings is 1. The normalized spacial score (nSPS) is 12.1. The maximum absolute atomic E-state index is 12.4. The lowest BCUT2D eigenvalue weighted by Crippen LogP contribution is -2.40. The van der Waals surface area contributed by atoms with Crippen LogP contribution >= 0.6 is 0 Å². The van der Waals surface area contributed by atoms with E-state index in [0.717, 1.165) is 12.1 Å². The van der Waals surface area contributed by atoms with Crippen LogP contribution in [0.25, 0.3) is 0 Å². The smallest absolute Gasteiger partial charge is 0.321 e. The van der Waals surface area contributed by atoms with Gasteiger partial charge >= 0.3 is 11.9 Å². The minimum absolute atomic E-state index is 0.0527. The Labute approximate surface area is 156 Å². The van der Waals surface area contributed by atoms with Crippen LogP contribution in [0.1, 0.15) is 25.7 Å². The number of carboxylic acid groups (broad SMARTS) is 1. The van der Waals surface area contributed by atoms with Gasteiger partial charge in [-0.1, -0.05) is 31.2 Å². The van der Waals surface area contributed by atoms with Crippen LogP contribution in [0.5, 0.6) is 0 Å². The van der Waals surface area contributed by atoms with Gasteiger partial charge in [0.25, 0.3) is 5.69 Å². The quantitative estimate of drug-likeness (QED) is 0.176. The summed E-state index contributed by atoms with van der Waals surface area (Å²) >= 11 is 0. The highest BCUT2D eigenvalue weighted by atomic mass is 32.2. The van der Waals surface area contributed by atoms with E-state index in [-0.39, 0.29) is 25.9 Å². The molecule has 0 unspecified atom stereocenters. The second-order valence-corrected chi connectivity index (χ2v) is 7.14. The molecule has 10 nitrogen and oxygen atoms in total. The molecule has 11 heteroatoms. The Morgan fingerprint density at radius 1 is 1.33 bits per heavy atom. The molecule has 1 aromatic carbocycles. The van der Waals surface area contributed by atoms with Gasteiger partial charge in [-0.15, -0.1) is 0 Å². The highest BCUT2D eigenvalue weighted by Crippen LogP contribution is 2.23. The third-order valence-electron chi connectivity index (χ3n) is 3.43. The zero-order valence-electron chi connectivity index (χ0n) is 14.4. The number of sulfonamides is 1. The maximum atomic E-state index is 12.4. The van der Waals surface area contributed by atoms with Crippen molar-refractivity contribution in [2.75, 3.05) is 6.61 Å². The molecule has 0 amide bonds. The van der Waals surface area contributed by atoms with E-state index in [9.17, 15) is 33.2 Å². The van der Waals surface area contributed by atoms with Crippen molar-refractivity contribution in [3.8, 4) is 0 Å². The zero-order chi connectivity index (χ0) is 20.4. The molecule has 0 saturated heterocycles. The summed E-state index contributed by atoms with van der Waals surface area (Å²) < 4.78 is 31.5. The SMILES string of the molecule is C=CCOC(=O)CCCC[C@@H](NS(=O)(=O)c1ccccc1[N+](=O)[O-])C(=O)O. The number of carbonyl (C=O) groups is 2. The molecular weight excluding hydrogens is 380 g/mol. The number of nitro benzene ring substituents is 1. The van der Waals surface area contributed by atoms with E-state index in [0.29, 0.717) is 6.42 Å². The first-order valence-corrected chi connectivity index (χ1v) is 9.42. The number of rotatable bonds is 12. The second-order valence-electron chi connectivity index (χ2n) is 5.45. The first kappa shape index (κ1) is 22.3. The minimum Gasteiger partial charge on any atom is -0.480 e. The Morgan fingerprint density at radius 2 is 2.00 bits per heavy atom. The molecule has 1 aromatic rings. The lowest BCUT2D eigenvalue weighted by atomic mass is 10.1. The van der Waals surface area contributed by atoms with E-state index in [4.69, 9.17) is 4.74 Å².